The minimum atomic E-state index is 0.235. The number of benzene rings is 1. The van der Waals surface area contributed by atoms with Crippen LogP contribution in [0, 0.1) is 0 Å². The minimum Gasteiger partial charge on any atom is -0.493 e. The van der Waals surface area contributed by atoms with Crippen molar-refractivity contribution in [2.45, 2.75) is 6.61 Å². The Bertz CT molecular complexity index is 643. The van der Waals surface area contributed by atoms with Gasteiger partial charge in [0.25, 0.3) is 0 Å². The molecule has 0 fully saturated rings. The van der Waals surface area contributed by atoms with Crippen LogP contribution in [0.3, 0.4) is 0 Å². The lowest BCUT2D eigenvalue weighted by Crippen LogP contribution is -2.05. The van der Waals surface area contributed by atoms with Crippen molar-refractivity contribution in [3.63, 3.8) is 0 Å². The average Bonchev–Trinajstić information content (AvgIpc) is 2.76. The summed E-state index contributed by atoms with van der Waals surface area (Å²) in [5.41, 5.74) is 0.501. The Morgan fingerprint density at radius 3 is 2.80 bits per heavy atom. The van der Waals surface area contributed by atoms with E-state index in [4.69, 9.17) is 21.1 Å². The Morgan fingerprint density at radius 1 is 1.50 bits per heavy atom. The molecule has 0 saturated carbocycles. The first kappa shape index (κ1) is 14.9. The molecule has 0 N–H and O–H groups in total. The van der Waals surface area contributed by atoms with Gasteiger partial charge in [-0.05, 0) is 28.1 Å². The highest BCUT2D eigenvalue weighted by Gasteiger charge is 2.13. The van der Waals surface area contributed by atoms with Crippen molar-refractivity contribution in [1.82, 2.24) is 9.55 Å². The highest BCUT2D eigenvalue weighted by Crippen LogP contribution is 2.36. The van der Waals surface area contributed by atoms with Crippen LogP contribution in [0.4, 0.5) is 0 Å². The third-order valence-corrected chi connectivity index (χ3v) is 3.70. The SMILES string of the molecule is COc1cc(C=O)cc(Br)c1OCc1ncc(Cl)n1C. The van der Waals surface area contributed by atoms with Crippen LogP contribution < -0.4 is 9.47 Å². The molecule has 1 aromatic heterocycles. The van der Waals surface area contributed by atoms with Crippen molar-refractivity contribution in [3.05, 3.63) is 39.3 Å². The quantitative estimate of drug-likeness (QED) is 0.769. The molecular weight excluding hydrogens is 348 g/mol. The summed E-state index contributed by atoms with van der Waals surface area (Å²) in [5, 5.41) is 0.533. The molecule has 0 spiro atoms. The summed E-state index contributed by atoms with van der Waals surface area (Å²) in [7, 11) is 3.32. The number of carbonyl (C=O) groups excluding carboxylic acids is 1. The zero-order valence-electron chi connectivity index (χ0n) is 10.9. The van der Waals surface area contributed by atoms with E-state index in [-0.39, 0.29) is 6.61 Å². The van der Waals surface area contributed by atoms with Gasteiger partial charge in [0.15, 0.2) is 11.5 Å². The molecule has 0 radical (unpaired) electrons. The van der Waals surface area contributed by atoms with Crippen LogP contribution in [0.25, 0.3) is 0 Å². The van der Waals surface area contributed by atoms with Gasteiger partial charge in [0.05, 0.1) is 17.8 Å². The van der Waals surface area contributed by atoms with E-state index in [1.54, 1.807) is 29.9 Å². The van der Waals surface area contributed by atoms with Crippen molar-refractivity contribution < 1.29 is 14.3 Å². The highest BCUT2D eigenvalue weighted by atomic mass is 79.9. The molecule has 0 aliphatic carbocycles. The highest BCUT2D eigenvalue weighted by molar-refractivity contribution is 9.10. The van der Waals surface area contributed by atoms with E-state index in [9.17, 15) is 4.79 Å². The molecule has 20 heavy (non-hydrogen) atoms. The molecule has 0 unspecified atom stereocenters. The summed E-state index contributed by atoms with van der Waals surface area (Å²) in [4.78, 5) is 15.0. The maximum absolute atomic E-state index is 10.8. The molecule has 5 nitrogen and oxygen atoms in total. The van der Waals surface area contributed by atoms with Crippen LogP contribution in [0.1, 0.15) is 16.2 Å². The number of imidazole rings is 1. The number of halogens is 2. The monoisotopic (exact) mass is 358 g/mol. The molecule has 7 heteroatoms. The van der Waals surface area contributed by atoms with Gasteiger partial charge in [-0.3, -0.25) is 4.79 Å². The molecule has 106 valence electrons. The summed E-state index contributed by atoms with van der Waals surface area (Å²) >= 11 is 9.27. The Labute approximate surface area is 129 Å². The molecule has 1 aromatic carbocycles. The zero-order valence-corrected chi connectivity index (χ0v) is 13.2. The number of rotatable bonds is 5. The Morgan fingerprint density at radius 2 is 2.25 bits per heavy atom. The van der Waals surface area contributed by atoms with Crippen LogP contribution in [-0.2, 0) is 13.7 Å². The van der Waals surface area contributed by atoms with Crippen LogP contribution in [0.5, 0.6) is 11.5 Å². The predicted molar refractivity (Wildman–Crippen MR) is 78.6 cm³/mol. The van der Waals surface area contributed by atoms with Gasteiger partial charge in [-0.25, -0.2) is 4.98 Å². The first-order valence-corrected chi connectivity index (χ1v) is 6.85. The van der Waals surface area contributed by atoms with Gasteiger partial charge in [0.2, 0.25) is 0 Å². The zero-order chi connectivity index (χ0) is 14.7. The summed E-state index contributed by atoms with van der Waals surface area (Å²) in [6, 6.07) is 3.27. The maximum Gasteiger partial charge on any atom is 0.176 e. The van der Waals surface area contributed by atoms with Gasteiger partial charge in [-0.15, -0.1) is 0 Å². The standard InChI is InChI=1S/C13H12BrClN2O3/c1-17-11(15)5-16-12(17)7-20-13-9(14)3-8(6-18)4-10(13)19-2/h3-6H,7H2,1-2H3. The van der Waals surface area contributed by atoms with Crippen molar-refractivity contribution in [2.24, 2.45) is 7.05 Å². The number of hydrogen-bond acceptors (Lipinski definition) is 4. The molecule has 0 amide bonds. The van der Waals surface area contributed by atoms with Crippen molar-refractivity contribution >= 4 is 33.8 Å². The fourth-order valence-electron chi connectivity index (χ4n) is 1.64. The van der Waals surface area contributed by atoms with Crippen LogP contribution >= 0.6 is 27.5 Å². The Kier molecular flexibility index (Phi) is 4.67. The van der Waals surface area contributed by atoms with Gasteiger partial charge >= 0.3 is 0 Å². The van der Waals surface area contributed by atoms with E-state index >= 15 is 0 Å². The van der Waals surface area contributed by atoms with E-state index in [1.807, 2.05) is 0 Å². The molecule has 0 aliphatic rings. The largest absolute Gasteiger partial charge is 0.493 e. The lowest BCUT2D eigenvalue weighted by molar-refractivity contribution is 0.112. The second-order valence-corrected chi connectivity index (χ2v) is 5.24. The number of methoxy groups -OCH3 is 1. The lowest BCUT2D eigenvalue weighted by atomic mass is 10.2. The summed E-state index contributed by atoms with van der Waals surface area (Å²) in [6.45, 7) is 0.235. The Hall–Kier alpha value is -1.53. The molecule has 0 bridgehead atoms. The van der Waals surface area contributed by atoms with Crippen molar-refractivity contribution in [1.29, 1.82) is 0 Å². The topological polar surface area (TPSA) is 53.4 Å². The second-order valence-electron chi connectivity index (χ2n) is 4.00. The van der Waals surface area contributed by atoms with Crippen LogP contribution in [0.2, 0.25) is 5.15 Å². The van der Waals surface area contributed by atoms with E-state index < -0.39 is 0 Å². The third-order valence-electron chi connectivity index (χ3n) is 2.76. The lowest BCUT2D eigenvalue weighted by Gasteiger charge is -2.13. The average molecular weight is 360 g/mol. The van der Waals surface area contributed by atoms with Crippen molar-refractivity contribution in [2.75, 3.05) is 7.11 Å². The van der Waals surface area contributed by atoms with Gasteiger partial charge in [0.1, 0.15) is 23.9 Å². The van der Waals surface area contributed by atoms with Gasteiger partial charge in [-0.1, -0.05) is 11.6 Å². The van der Waals surface area contributed by atoms with Gasteiger partial charge in [-0.2, -0.15) is 0 Å². The third kappa shape index (κ3) is 2.96. The van der Waals surface area contributed by atoms with Crippen molar-refractivity contribution in [3.8, 4) is 11.5 Å². The van der Waals surface area contributed by atoms with Gasteiger partial charge in [0, 0.05) is 12.6 Å². The number of hydrogen-bond donors (Lipinski definition) is 0. The van der Waals surface area contributed by atoms with Crippen LogP contribution in [-0.4, -0.2) is 22.9 Å². The molecule has 1 heterocycles. The Balaban J connectivity index is 2.25. The van der Waals surface area contributed by atoms with E-state index in [2.05, 4.69) is 20.9 Å². The molecule has 0 aliphatic heterocycles. The number of carbonyl (C=O) groups is 1. The number of ether oxygens (including phenoxy) is 2. The number of nitrogens with zero attached hydrogens (tertiary/aromatic N) is 2. The number of aromatic nitrogens is 2. The molecule has 0 saturated heterocycles. The smallest absolute Gasteiger partial charge is 0.176 e. The minimum absolute atomic E-state index is 0.235. The maximum atomic E-state index is 10.8. The summed E-state index contributed by atoms with van der Waals surface area (Å²) in [6.07, 6.45) is 2.30. The fourth-order valence-corrected chi connectivity index (χ4v) is 2.36. The second kappa shape index (κ2) is 6.28. The molecule has 2 rings (SSSR count). The molecule has 2 aromatic rings. The summed E-state index contributed by atoms with van der Waals surface area (Å²) in [5.74, 6) is 1.67. The molecule has 0 atom stereocenters. The summed E-state index contributed by atoms with van der Waals surface area (Å²) < 4.78 is 13.3. The first-order valence-electron chi connectivity index (χ1n) is 5.68. The fraction of sp³-hybridized carbons (Fsp3) is 0.231. The first-order chi connectivity index (χ1) is 9.56. The van der Waals surface area contributed by atoms with Crippen LogP contribution in [0.15, 0.2) is 22.8 Å². The van der Waals surface area contributed by atoms with Gasteiger partial charge < -0.3 is 14.0 Å². The number of aldehydes is 1. The van der Waals surface area contributed by atoms with E-state index in [1.165, 1.54) is 7.11 Å². The van der Waals surface area contributed by atoms with E-state index in [0.717, 1.165) is 6.29 Å². The van der Waals surface area contributed by atoms with E-state index in [0.29, 0.717) is 32.5 Å². The predicted octanol–water partition coefficient (Wildman–Crippen LogP) is 3.24. The normalized spacial score (nSPS) is 10.4. The molecular formula is C13H12BrClN2O3.